The van der Waals surface area contributed by atoms with Gasteiger partial charge in [0.25, 0.3) is 0 Å². The van der Waals surface area contributed by atoms with Crippen LogP contribution < -0.4 is 0 Å². The van der Waals surface area contributed by atoms with Crippen molar-refractivity contribution in [1.29, 1.82) is 0 Å². The molecule has 0 unspecified atom stereocenters. The summed E-state index contributed by atoms with van der Waals surface area (Å²) in [5.74, 6) is 0. The van der Waals surface area contributed by atoms with Crippen molar-refractivity contribution in [2.75, 3.05) is 19.6 Å². The summed E-state index contributed by atoms with van der Waals surface area (Å²) in [7, 11) is 0. The molecule has 23 heavy (non-hydrogen) atoms. The number of aliphatic hydroxyl groups is 1. The second-order valence-electron chi connectivity index (χ2n) is 6.15. The van der Waals surface area contributed by atoms with Gasteiger partial charge in [-0.05, 0) is 36.1 Å². The molecule has 0 aliphatic carbocycles. The Hall–Kier alpha value is -1.61. The Kier molecular flexibility index (Phi) is 5.16. The average Bonchev–Trinajstić information content (AvgIpc) is 2.59. The maximum atomic E-state index is 10.8. The van der Waals surface area contributed by atoms with Crippen molar-refractivity contribution in [3.63, 3.8) is 0 Å². The first-order chi connectivity index (χ1) is 11.2. The molecule has 120 valence electrons. The molecule has 1 aliphatic heterocycles. The van der Waals surface area contributed by atoms with Crippen molar-refractivity contribution in [1.82, 2.24) is 4.90 Å². The standard InChI is InChI=1S/C20H22ClNO/c21-19-10-8-17(9-11-19)5-4-14-22-15-12-20(23,13-16-22)18-6-2-1-3-7-18/h1-11,23H,12-16H2. The molecule has 0 amide bonds. The second kappa shape index (κ2) is 7.31. The van der Waals surface area contributed by atoms with Crippen LogP contribution >= 0.6 is 11.6 Å². The normalized spacial score (nSPS) is 18.3. The number of hydrogen-bond donors (Lipinski definition) is 1. The highest BCUT2D eigenvalue weighted by atomic mass is 35.5. The summed E-state index contributed by atoms with van der Waals surface area (Å²) in [5.41, 5.74) is 1.53. The molecular weight excluding hydrogens is 306 g/mol. The molecule has 2 aromatic carbocycles. The molecular formula is C20H22ClNO. The van der Waals surface area contributed by atoms with Crippen LogP contribution in [-0.2, 0) is 5.60 Å². The van der Waals surface area contributed by atoms with E-state index in [1.165, 1.54) is 0 Å². The predicted octanol–water partition coefficient (Wildman–Crippen LogP) is 4.34. The van der Waals surface area contributed by atoms with Gasteiger partial charge in [0.05, 0.1) is 5.60 Å². The molecule has 1 N–H and O–H groups in total. The zero-order chi connectivity index (χ0) is 16.1. The van der Waals surface area contributed by atoms with E-state index < -0.39 is 5.60 Å². The van der Waals surface area contributed by atoms with Crippen LogP contribution in [0.2, 0.25) is 5.02 Å². The van der Waals surface area contributed by atoms with Crippen LogP contribution in [0.4, 0.5) is 0 Å². The highest BCUT2D eigenvalue weighted by Crippen LogP contribution is 2.32. The summed E-state index contributed by atoms with van der Waals surface area (Å²) in [6.45, 7) is 2.74. The third kappa shape index (κ3) is 4.23. The van der Waals surface area contributed by atoms with Crippen LogP contribution in [0.3, 0.4) is 0 Å². The molecule has 2 nitrogen and oxygen atoms in total. The van der Waals surface area contributed by atoms with E-state index in [0.29, 0.717) is 0 Å². The van der Waals surface area contributed by atoms with Gasteiger partial charge in [-0.2, -0.15) is 0 Å². The molecule has 1 saturated heterocycles. The fourth-order valence-electron chi connectivity index (χ4n) is 3.05. The zero-order valence-electron chi connectivity index (χ0n) is 13.2. The Morgan fingerprint density at radius 3 is 2.30 bits per heavy atom. The summed E-state index contributed by atoms with van der Waals surface area (Å²) in [4.78, 5) is 2.38. The fourth-order valence-corrected chi connectivity index (χ4v) is 3.18. The number of halogens is 1. The van der Waals surface area contributed by atoms with Crippen molar-refractivity contribution >= 4 is 17.7 Å². The maximum Gasteiger partial charge on any atom is 0.0920 e. The van der Waals surface area contributed by atoms with E-state index in [1.807, 2.05) is 54.6 Å². The van der Waals surface area contributed by atoms with Crippen molar-refractivity contribution in [2.45, 2.75) is 18.4 Å². The van der Waals surface area contributed by atoms with E-state index in [1.54, 1.807) is 0 Å². The largest absolute Gasteiger partial charge is 0.385 e. The van der Waals surface area contributed by atoms with E-state index in [4.69, 9.17) is 11.6 Å². The molecule has 3 heteroatoms. The first-order valence-corrected chi connectivity index (χ1v) is 8.46. The molecule has 1 heterocycles. The third-order valence-electron chi connectivity index (χ3n) is 4.54. The van der Waals surface area contributed by atoms with Gasteiger partial charge in [-0.1, -0.05) is 66.2 Å². The minimum Gasteiger partial charge on any atom is -0.385 e. The number of hydrogen-bond acceptors (Lipinski definition) is 2. The third-order valence-corrected chi connectivity index (χ3v) is 4.79. The van der Waals surface area contributed by atoms with Crippen LogP contribution in [0, 0.1) is 0 Å². The lowest BCUT2D eigenvalue weighted by Crippen LogP contribution is -2.42. The van der Waals surface area contributed by atoms with Crippen molar-refractivity contribution in [3.8, 4) is 0 Å². The van der Waals surface area contributed by atoms with E-state index in [0.717, 1.165) is 48.6 Å². The Bertz CT molecular complexity index is 643. The van der Waals surface area contributed by atoms with Crippen LogP contribution in [0.25, 0.3) is 6.08 Å². The molecule has 2 aromatic rings. The smallest absolute Gasteiger partial charge is 0.0920 e. The summed E-state index contributed by atoms with van der Waals surface area (Å²) in [5, 5.41) is 11.6. The molecule has 0 atom stereocenters. The van der Waals surface area contributed by atoms with Gasteiger partial charge >= 0.3 is 0 Å². The minimum absolute atomic E-state index is 0.669. The number of nitrogens with zero attached hydrogens (tertiary/aromatic N) is 1. The molecule has 0 spiro atoms. The van der Waals surface area contributed by atoms with Gasteiger partial charge < -0.3 is 5.11 Å². The van der Waals surface area contributed by atoms with E-state index in [2.05, 4.69) is 17.1 Å². The Morgan fingerprint density at radius 2 is 1.65 bits per heavy atom. The number of likely N-dealkylation sites (tertiary alicyclic amines) is 1. The van der Waals surface area contributed by atoms with Crippen molar-refractivity contribution < 1.29 is 5.11 Å². The van der Waals surface area contributed by atoms with Crippen LogP contribution in [0.15, 0.2) is 60.7 Å². The van der Waals surface area contributed by atoms with Gasteiger partial charge in [-0.15, -0.1) is 0 Å². The van der Waals surface area contributed by atoms with E-state index >= 15 is 0 Å². The van der Waals surface area contributed by atoms with E-state index in [9.17, 15) is 5.11 Å². The molecule has 3 rings (SSSR count). The molecule has 1 fully saturated rings. The number of benzene rings is 2. The monoisotopic (exact) mass is 327 g/mol. The maximum absolute atomic E-state index is 10.8. The molecule has 0 radical (unpaired) electrons. The second-order valence-corrected chi connectivity index (χ2v) is 6.59. The van der Waals surface area contributed by atoms with Gasteiger partial charge in [-0.25, -0.2) is 0 Å². The molecule has 0 aromatic heterocycles. The van der Waals surface area contributed by atoms with Crippen molar-refractivity contribution in [3.05, 3.63) is 76.8 Å². The highest BCUT2D eigenvalue weighted by molar-refractivity contribution is 6.30. The van der Waals surface area contributed by atoms with Crippen LogP contribution in [0.5, 0.6) is 0 Å². The Morgan fingerprint density at radius 1 is 1.00 bits per heavy atom. The zero-order valence-corrected chi connectivity index (χ0v) is 13.9. The SMILES string of the molecule is OC1(c2ccccc2)CCN(CC=Cc2ccc(Cl)cc2)CC1. The molecule has 0 bridgehead atoms. The van der Waals surface area contributed by atoms with E-state index in [-0.39, 0.29) is 0 Å². The van der Waals surface area contributed by atoms with Gasteiger partial charge in [0.15, 0.2) is 0 Å². The summed E-state index contributed by atoms with van der Waals surface area (Å²) in [6, 6.07) is 17.9. The lowest BCUT2D eigenvalue weighted by atomic mass is 9.84. The minimum atomic E-state index is -0.669. The van der Waals surface area contributed by atoms with Crippen LogP contribution in [0.1, 0.15) is 24.0 Å². The quantitative estimate of drug-likeness (QED) is 0.903. The summed E-state index contributed by atoms with van der Waals surface area (Å²) in [6.07, 6.45) is 5.86. The van der Waals surface area contributed by atoms with Gasteiger partial charge in [0.2, 0.25) is 0 Å². The summed E-state index contributed by atoms with van der Waals surface area (Å²) < 4.78 is 0. The number of rotatable bonds is 4. The summed E-state index contributed by atoms with van der Waals surface area (Å²) >= 11 is 5.89. The molecule has 0 saturated carbocycles. The number of piperidine rings is 1. The van der Waals surface area contributed by atoms with Gasteiger partial charge in [0.1, 0.15) is 0 Å². The van der Waals surface area contributed by atoms with Crippen molar-refractivity contribution in [2.24, 2.45) is 0 Å². The first kappa shape index (κ1) is 16.3. The fraction of sp³-hybridized carbons (Fsp3) is 0.300. The molecule has 1 aliphatic rings. The Labute approximate surface area is 143 Å². The lowest BCUT2D eigenvalue weighted by Gasteiger charge is -2.38. The average molecular weight is 328 g/mol. The lowest BCUT2D eigenvalue weighted by molar-refractivity contribution is -0.0233. The van der Waals surface area contributed by atoms with Gasteiger partial charge in [0, 0.05) is 24.7 Å². The first-order valence-electron chi connectivity index (χ1n) is 8.08. The highest BCUT2D eigenvalue weighted by Gasteiger charge is 2.33. The Balaban J connectivity index is 1.52. The predicted molar refractivity (Wildman–Crippen MR) is 96.5 cm³/mol. The van der Waals surface area contributed by atoms with Gasteiger partial charge in [-0.3, -0.25) is 4.90 Å². The van der Waals surface area contributed by atoms with Crippen LogP contribution in [-0.4, -0.2) is 29.6 Å². The topological polar surface area (TPSA) is 23.5 Å².